The van der Waals surface area contributed by atoms with Crippen molar-refractivity contribution in [2.24, 2.45) is 0 Å². The van der Waals surface area contributed by atoms with Crippen molar-refractivity contribution < 1.29 is 9.53 Å². The van der Waals surface area contributed by atoms with Gasteiger partial charge in [0.25, 0.3) is 0 Å². The van der Waals surface area contributed by atoms with Gasteiger partial charge in [-0.25, -0.2) is 0 Å². The van der Waals surface area contributed by atoms with Gasteiger partial charge in [-0.15, -0.1) is 16.8 Å². The van der Waals surface area contributed by atoms with E-state index in [9.17, 15) is 4.79 Å². The van der Waals surface area contributed by atoms with Gasteiger partial charge in [0, 0.05) is 25.7 Å². The Bertz CT molecular complexity index is 1010. The number of thioether (sulfide) groups is 1. The number of allylic oxidation sites excluding steroid dienone is 1. The molecular weight excluding hydrogens is 396 g/mol. The van der Waals surface area contributed by atoms with Gasteiger partial charge in [0.15, 0.2) is 11.0 Å². The van der Waals surface area contributed by atoms with E-state index >= 15 is 0 Å². The first-order valence-electron chi connectivity index (χ1n) is 9.62. The van der Waals surface area contributed by atoms with Crippen LogP contribution in [0.4, 0.5) is 0 Å². The van der Waals surface area contributed by atoms with Crippen molar-refractivity contribution >= 4 is 17.7 Å². The van der Waals surface area contributed by atoms with Crippen molar-refractivity contribution in [3.05, 3.63) is 72.3 Å². The van der Waals surface area contributed by atoms with Gasteiger partial charge >= 0.3 is 0 Å². The summed E-state index contributed by atoms with van der Waals surface area (Å²) in [5, 5.41) is 9.39. The number of hydrogen-bond acceptors (Lipinski definition) is 5. The normalized spacial score (nSPS) is 10.6. The van der Waals surface area contributed by atoms with Gasteiger partial charge in [0.2, 0.25) is 5.91 Å². The summed E-state index contributed by atoms with van der Waals surface area (Å²) >= 11 is 1.39. The van der Waals surface area contributed by atoms with Crippen molar-refractivity contribution in [2.75, 3.05) is 19.9 Å². The van der Waals surface area contributed by atoms with E-state index in [1.54, 1.807) is 19.1 Å². The van der Waals surface area contributed by atoms with Crippen molar-refractivity contribution in [3.8, 4) is 17.1 Å². The molecule has 30 heavy (non-hydrogen) atoms. The molecule has 0 aliphatic rings. The number of ether oxygens (including phenoxy) is 1. The Kier molecular flexibility index (Phi) is 7.30. The van der Waals surface area contributed by atoms with Gasteiger partial charge in [-0.2, -0.15) is 0 Å². The Hall–Kier alpha value is -3.06. The highest BCUT2D eigenvalue weighted by Gasteiger charge is 2.16. The van der Waals surface area contributed by atoms with Gasteiger partial charge in [-0.05, 0) is 30.7 Å². The van der Waals surface area contributed by atoms with Gasteiger partial charge in [0.05, 0.1) is 12.9 Å². The lowest BCUT2D eigenvalue weighted by atomic mass is 10.1. The maximum atomic E-state index is 12.6. The zero-order valence-corrected chi connectivity index (χ0v) is 18.4. The molecule has 0 fully saturated rings. The standard InChI is InChI=1S/C23H26N4O2S/c1-5-13-27-22(19-8-6-7-17(2)14-19)24-25-23(27)30-16-21(28)26(3)15-18-9-11-20(29-4)12-10-18/h5-12,14H,1,13,15-16H2,2-4H3. The molecule has 0 N–H and O–H groups in total. The summed E-state index contributed by atoms with van der Waals surface area (Å²) < 4.78 is 7.16. The second-order valence-electron chi connectivity index (χ2n) is 6.96. The van der Waals surface area contributed by atoms with Gasteiger partial charge < -0.3 is 9.64 Å². The lowest BCUT2D eigenvalue weighted by molar-refractivity contribution is -0.127. The number of amides is 1. The minimum absolute atomic E-state index is 0.0288. The van der Waals surface area contributed by atoms with Crippen LogP contribution in [0.1, 0.15) is 11.1 Å². The highest BCUT2D eigenvalue weighted by atomic mass is 32.2. The molecule has 0 saturated heterocycles. The number of rotatable bonds is 9. The topological polar surface area (TPSA) is 60.2 Å². The fourth-order valence-corrected chi connectivity index (χ4v) is 3.90. The molecule has 2 aromatic carbocycles. The molecule has 1 aromatic heterocycles. The highest BCUT2D eigenvalue weighted by molar-refractivity contribution is 7.99. The average Bonchev–Trinajstić information content (AvgIpc) is 3.15. The molecule has 7 heteroatoms. The summed E-state index contributed by atoms with van der Waals surface area (Å²) in [7, 11) is 3.44. The van der Waals surface area contributed by atoms with E-state index in [0.717, 1.165) is 28.3 Å². The maximum absolute atomic E-state index is 12.6. The molecule has 0 unspecified atom stereocenters. The summed E-state index contributed by atoms with van der Waals surface area (Å²) in [6, 6.07) is 15.9. The molecule has 0 spiro atoms. The van der Waals surface area contributed by atoms with Crippen molar-refractivity contribution in [1.82, 2.24) is 19.7 Å². The molecule has 3 aromatic rings. The Labute approximate surface area is 181 Å². The molecule has 1 heterocycles. The molecule has 3 rings (SSSR count). The molecule has 0 atom stereocenters. The van der Waals surface area contributed by atoms with Crippen molar-refractivity contribution in [2.45, 2.75) is 25.2 Å². The number of aryl methyl sites for hydroxylation is 1. The van der Waals surface area contributed by atoms with Crippen LogP contribution in [0.2, 0.25) is 0 Å². The predicted octanol–water partition coefficient (Wildman–Crippen LogP) is 4.20. The summed E-state index contributed by atoms with van der Waals surface area (Å²) in [6.07, 6.45) is 1.81. The fraction of sp³-hybridized carbons (Fsp3) is 0.261. The Morgan fingerprint density at radius 3 is 2.67 bits per heavy atom. The number of carbonyl (C=O) groups is 1. The van der Waals surface area contributed by atoms with Crippen LogP contribution in [0.5, 0.6) is 5.75 Å². The summed E-state index contributed by atoms with van der Waals surface area (Å²) in [5.41, 5.74) is 3.21. The number of carbonyl (C=O) groups excluding carboxylic acids is 1. The Balaban J connectivity index is 1.66. The van der Waals surface area contributed by atoms with Crippen LogP contribution in [0.3, 0.4) is 0 Å². The van der Waals surface area contributed by atoms with E-state index in [1.165, 1.54) is 11.8 Å². The van der Waals surface area contributed by atoms with E-state index in [2.05, 4.69) is 22.8 Å². The van der Waals surface area contributed by atoms with Crippen molar-refractivity contribution in [1.29, 1.82) is 0 Å². The SMILES string of the molecule is C=CCn1c(SCC(=O)N(C)Cc2ccc(OC)cc2)nnc1-c1cccc(C)c1. The third kappa shape index (κ3) is 5.30. The zero-order valence-electron chi connectivity index (χ0n) is 17.5. The molecule has 6 nitrogen and oxygen atoms in total. The number of aromatic nitrogens is 3. The molecule has 0 bridgehead atoms. The third-order valence-corrected chi connectivity index (χ3v) is 5.59. The summed E-state index contributed by atoms with van der Waals surface area (Å²) in [6.45, 7) is 7.01. The smallest absolute Gasteiger partial charge is 0.233 e. The average molecular weight is 423 g/mol. The first kappa shape index (κ1) is 21.6. The van der Waals surface area contributed by atoms with Crippen LogP contribution < -0.4 is 4.74 Å². The number of benzene rings is 2. The predicted molar refractivity (Wildman–Crippen MR) is 121 cm³/mol. The first-order chi connectivity index (χ1) is 14.5. The monoisotopic (exact) mass is 422 g/mol. The van der Waals surface area contributed by atoms with Crippen LogP contribution in [0.25, 0.3) is 11.4 Å². The van der Waals surface area contributed by atoms with E-state index in [4.69, 9.17) is 4.74 Å². The van der Waals surface area contributed by atoms with Gasteiger partial charge in [-0.1, -0.05) is 53.7 Å². The highest BCUT2D eigenvalue weighted by Crippen LogP contribution is 2.25. The fourth-order valence-electron chi connectivity index (χ4n) is 3.02. The van der Waals surface area contributed by atoms with E-state index in [-0.39, 0.29) is 11.7 Å². The molecule has 0 aliphatic heterocycles. The molecule has 0 saturated carbocycles. The number of nitrogens with zero attached hydrogens (tertiary/aromatic N) is 4. The van der Waals surface area contributed by atoms with E-state index in [1.807, 2.05) is 60.0 Å². The van der Waals surface area contributed by atoms with E-state index in [0.29, 0.717) is 18.2 Å². The number of methoxy groups -OCH3 is 1. The Morgan fingerprint density at radius 1 is 1.23 bits per heavy atom. The lowest BCUT2D eigenvalue weighted by Gasteiger charge is -2.17. The number of hydrogen-bond donors (Lipinski definition) is 0. The van der Waals surface area contributed by atoms with Crippen LogP contribution in [0, 0.1) is 6.92 Å². The van der Waals surface area contributed by atoms with E-state index < -0.39 is 0 Å². The zero-order chi connectivity index (χ0) is 21.5. The summed E-state index contributed by atoms with van der Waals surface area (Å²) in [5.74, 6) is 1.89. The minimum atomic E-state index is 0.0288. The maximum Gasteiger partial charge on any atom is 0.233 e. The van der Waals surface area contributed by atoms with Crippen LogP contribution in [0.15, 0.2) is 66.3 Å². The minimum Gasteiger partial charge on any atom is -0.497 e. The van der Waals surface area contributed by atoms with Crippen molar-refractivity contribution in [3.63, 3.8) is 0 Å². The molecule has 1 amide bonds. The largest absolute Gasteiger partial charge is 0.497 e. The quantitative estimate of drug-likeness (QED) is 0.382. The lowest BCUT2D eigenvalue weighted by Crippen LogP contribution is -2.27. The molecule has 0 radical (unpaired) electrons. The van der Waals surface area contributed by atoms with Crippen LogP contribution >= 0.6 is 11.8 Å². The first-order valence-corrected chi connectivity index (χ1v) is 10.6. The molecule has 0 aliphatic carbocycles. The third-order valence-electron chi connectivity index (χ3n) is 4.63. The summed E-state index contributed by atoms with van der Waals surface area (Å²) in [4.78, 5) is 14.4. The second kappa shape index (κ2) is 10.1. The Morgan fingerprint density at radius 2 is 2.00 bits per heavy atom. The van der Waals surface area contributed by atoms with Gasteiger partial charge in [-0.3, -0.25) is 9.36 Å². The second-order valence-corrected chi connectivity index (χ2v) is 7.90. The molecular formula is C23H26N4O2S. The van der Waals surface area contributed by atoms with Gasteiger partial charge in [0.1, 0.15) is 5.75 Å². The van der Waals surface area contributed by atoms with Crippen LogP contribution in [-0.2, 0) is 17.9 Å². The molecule has 156 valence electrons. The van der Waals surface area contributed by atoms with Crippen LogP contribution in [-0.4, -0.2) is 45.5 Å².